The number of ether oxygens (including phenoxy) is 1. The maximum Gasteiger partial charge on any atom is 0.216 e. The Bertz CT molecular complexity index is 861. The molecule has 0 aromatic carbocycles. The summed E-state index contributed by atoms with van der Waals surface area (Å²) in [5.41, 5.74) is 3.75. The van der Waals surface area contributed by atoms with E-state index in [1.54, 1.807) is 12.5 Å². The van der Waals surface area contributed by atoms with Crippen molar-refractivity contribution in [3.8, 4) is 0 Å². The predicted octanol–water partition coefficient (Wildman–Crippen LogP) is 5.76. The Labute approximate surface area is 200 Å². The molecule has 0 saturated heterocycles. The third-order valence-electron chi connectivity index (χ3n) is 10.8. The van der Waals surface area contributed by atoms with Crippen molar-refractivity contribution >= 4 is 5.91 Å². The molecule has 33 heavy (non-hydrogen) atoms. The Morgan fingerprint density at radius 3 is 2.82 bits per heavy atom. The number of carbonyl (C=O) groups excluding carboxylic acids is 1. The quantitative estimate of drug-likeness (QED) is 0.518. The molecule has 9 atom stereocenters. The number of rotatable bonds is 5. The van der Waals surface area contributed by atoms with Crippen LogP contribution in [0.3, 0.4) is 0 Å². The van der Waals surface area contributed by atoms with Crippen LogP contribution in [-0.4, -0.2) is 29.8 Å². The van der Waals surface area contributed by atoms with Crippen LogP contribution in [0.2, 0.25) is 0 Å². The van der Waals surface area contributed by atoms with E-state index >= 15 is 0 Å². The minimum absolute atomic E-state index is 0.0569. The predicted molar refractivity (Wildman–Crippen MR) is 131 cm³/mol. The van der Waals surface area contributed by atoms with E-state index in [-0.39, 0.29) is 12.0 Å². The molecule has 3 saturated carbocycles. The summed E-state index contributed by atoms with van der Waals surface area (Å²) >= 11 is 0. The summed E-state index contributed by atoms with van der Waals surface area (Å²) in [6, 6.07) is 0. The van der Waals surface area contributed by atoms with E-state index in [0.717, 1.165) is 56.4 Å². The van der Waals surface area contributed by atoms with Crippen LogP contribution < -0.4 is 5.32 Å². The first kappa shape index (κ1) is 23.5. The molecule has 5 aliphatic rings. The lowest BCUT2D eigenvalue weighted by molar-refractivity contribution is -0.119. The van der Waals surface area contributed by atoms with Gasteiger partial charge in [-0.2, -0.15) is 0 Å². The van der Waals surface area contributed by atoms with Gasteiger partial charge >= 0.3 is 0 Å². The molecular weight excluding hydrogens is 410 g/mol. The van der Waals surface area contributed by atoms with E-state index in [0.29, 0.717) is 28.8 Å². The number of fused-ring (bicyclic) bond motifs is 7. The van der Waals surface area contributed by atoms with Gasteiger partial charge in [0.1, 0.15) is 6.10 Å². The van der Waals surface area contributed by atoms with Crippen LogP contribution in [0.1, 0.15) is 92.4 Å². The van der Waals surface area contributed by atoms with Crippen molar-refractivity contribution < 1.29 is 14.6 Å². The summed E-state index contributed by atoms with van der Waals surface area (Å²) in [6.45, 7) is 12.0. The number of aliphatic hydroxyl groups is 1. The largest absolute Gasteiger partial charge is 0.494 e. The summed E-state index contributed by atoms with van der Waals surface area (Å²) in [6.07, 6.45) is 13.0. The standard InChI is InChI=1S/C29H45NO3/c1-17(16-30-19(3)31)6-9-25-18(2)27-26(33-25)15-24-22-8-7-20-14-21(32)10-12-28(20,4)23(22)11-13-29(24,27)5/h7,17,21-24,26-27,32H,6,8-16H2,1-5H3,(H,30,31)/t17-,21-,22-,23-,24-,26+,27-,28+,29+/m1/s1. The smallest absolute Gasteiger partial charge is 0.216 e. The normalized spacial score (nSPS) is 44.7. The molecule has 3 fully saturated rings. The maximum atomic E-state index is 11.2. The van der Waals surface area contributed by atoms with E-state index in [4.69, 9.17) is 4.74 Å². The first-order valence-corrected chi connectivity index (χ1v) is 13.6. The van der Waals surface area contributed by atoms with Gasteiger partial charge in [-0.05, 0) is 98.4 Å². The molecule has 0 spiro atoms. The van der Waals surface area contributed by atoms with E-state index < -0.39 is 0 Å². The highest BCUT2D eigenvalue weighted by Gasteiger charge is 2.63. The zero-order chi connectivity index (χ0) is 23.5. The number of hydrogen-bond donors (Lipinski definition) is 2. The molecule has 0 unspecified atom stereocenters. The van der Waals surface area contributed by atoms with Crippen LogP contribution in [0, 0.1) is 40.4 Å². The minimum atomic E-state index is -0.124. The van der Waals surface area contributed by atoms with E-state index in [9.17, 15) is 9.90 Å². The van der Waals surface area contributed by atoms with Gasteiger partial charge in [0.15, 0.2) is 0 Å². The summed E-state index contributed by atoms with van der Waals surface area (Å²) in [5.74, 6) is 4.66. The van der Waals surface area contributed by atoms with Gasteiger partial charge in [-0.25, -0.2) is 0 Å². The van der Waals surface area contributed by atoms with Crippen molar-refractivity contribution in [3.05, 3.63) is 23.0 Å². The van der Waals surface area contributed by atoms with Gasteiger partial charge in [0.2, 0.25) is 5.91 Å². The molecule has 184 valence electrons. The SMILES string of the molecule is CC(=O)NC[C@H](C)CCC1=C(C)[C@@H]2[C@H](C[C@@H]3[C@@H]4CC=C5C[C@H](O)CC[C@]5(C)[C@@H]4CC[C@@]32C)O1. The van der Waals surface area contributed by atoms with Crippen LogP contribution in [-0.2, 0) is 9.53 Å². The zero-order valence-corrected chi connectivity index (χ0v) is 21.5. The maximum absolute atomic E-state index is 11.2. The van der Waals surface area contributed by atoms with Crippen LogP contribution in [0.25, 0.3) is 0 Å². The van der Waals surface area contributed by atoms with Gasteiger partial charge < -0.3 is 15.2 Å². The van der Waals surface area contributed by atoms with Gasteiger partial charge in [0.25, 0.3) is 0 Å². The zero-order valence-electron chi connectivity index (χ0n) is 21.5. The lowest BCUT2D eigenvalue weighted by atomic mass is 9.47. The molecule has 1 heterocycles. The van der Waals surface area contributed by atoms with Gasteiger partial charge in [0.05, 0.1) is 11.9 Å². The Balaban J connectivity index is 1.30. The van der Waals surface area contributed by atoms with E-state index in [1.807, 2.05) is 0 Å². The van der Waals surface area contributed by atoms with Crippen molar-refractivity contribution in [2.75, 3.05) is 6.54 Å². The molecule has 0 bridgehead atoms. The Morgan fingerprint density at radius 2 is 2.06 bits per heavy atom. The lowest BCUT2D eigenvalue weighted by Gasteiger charge is -2.57. The van der Waals surface area contributed by atoms with E-state index in [2.05, 4.69) is 39.1 Å². The van der Waals surface area contributed by atoms with Crippen LogP contribution in [0.15, 0.2) is 23.0 Å². The molecule has 4 aliphatic carbocycles. The van der Waals surface area contributed by atoms with Crippen molar-refractivity contribution in [1.29, 1.82) is 0 Å². The minimum Gasteiger partial charge on any atom is -0.494 e. The number of allylic oxidation sites excluding steroid dienone is 2. The first-order valence-electron chi connectivity index (χ1n) is 13.6. The Hall–Kier alpha value is -1.29. The van der Waals surface area contributed by atoms with Crippen molar-refractivity contribution in [1.82, 2.24) is 5.32 Å². The number of amides is 1. The number of nitrogens with one attached hydrogen (secondary N) is 1. The summed E-state index contributed by atoms with van der Waals surface area (Å²) in [5, 5.41) is 13.2. The first-order chi connectivity index (χ1) is 15.6. The monoisotopic (exact) mass is 455 g/mol. The topological polar surface area (TPSA) is 58.6 Å². The molecule has 0 aromatic rings. The van der Waals surface area contributed by atoms with Gasteiger partial charge in [0, 0.05) is 25.8 Å². The molecule has 1 amide bonds. The Kier molecular flexibility index (Phi) is 5.99. The van der Waals surface area contributed by atoms with Gasteiger partial charge in [-0.15, -0.1) is 0 Å². The number of aliphatic hydroxyl groups excluding tert-OH is 1. The molecule has 1 aliphatic heterocycles. The average Bonchev–Trinajstić information content (AvgIpc) is 3.24. The van der Waals surface area contributed by atoms with Crippen LogP contribution in [0.5, 0.6) is 0 Å². The fourth-order valence-corrected chi connectivity index (χ4v) is 9.02. The number of hydrogen-bond acceptors (Lipinski definition) is 3. The summed E-state index contributed by atoms with van der Waals surface area (Å²) in [4.78, 5) is 11.2. The third-order valence-corrected chi connectivity index (χ3v) is 10.8. The van der Waals surface area contributed by atoms with Crippen molar-refractivity contribution in [3.63, 3.8) is 0 Å². The van der Waals surface area contributed by atoms with Crippen molar-refractivity contribution in [2.24, 2.45) is 40.4 Å². The van der Waals surface area contributed by atoms with Gasteiger partial charge in [-0.1, -0.05) is 32.4 Å². The second-order valence-electron chi connectivity index (χ2n) is 12.8. The van der Waals surface area contributed by atoms with Crippen molar-refractivity contribution in [2.45, 2.75) is 105 Å². The molecule has 0 aromatic heterocycles. The fraction of sp³-hybridized carbons (Fsp3) is 0.828. The molecule has 4 heteroatoms. The lowest BCUT2D eigenvalue weighted by Crippen LogP contribution is -2.50. The highest BCUT2D eigenvalue weighted by molar-refractivity contribution is 5.72. The van der Waals surface area contributed by atoms with E-state index in [1.165, 1.54) is 37.0 Å². The molecule has 4 nitrogen and oxygen atoms in total. The third kappa shape index (κ3) is 3.79. The second kappa shape index (κ2) is 8.43. The number of carbonyl (C=O) groups is 1. The molecule has 0 radical (unpaired) electrons. The fourth-order valence-electron chi connectivity index (χ4n) is 9.02. The Morgan fingerprint density at radius 1 is 1.27 bits per heavy atom. The molecule has 2 N–H and O–H groups in total. The van der Waals surface area contributed by atoms with Crippen LogP contribution in [0.4, 0.5) is 0 Å². The average molecular weight is 456 g/mol. The summed E-state index contributed by atoms with van der Waals surface area (Å²) in [7, 11) is 0. The highest BCUT2D eigenvalue weighted by Crippen LogP contribution is 2.68. The molecular formula is C29H45NO3. The van der Waals surface area contributed by atoms with Crippen LogP contribution >= 0.6 is 0 Å². The molecule has 5 rings (SSSR count). The second-order valence-corrected chi connectivity index (χ2v) is 12.8. The summed E-state index contributed by atoms with van der Waals surface area (Å²) < 4.78 is 6.70. The van der Waals surface area contributed by atoms with Gasteiger partial charge in [-0.3, -0.25) is 4.79 Å². The highest BCUT2D eigenvalue weighted by atomic mass is 16.5.